The van der Waals surface area contributed by atoms with Crippen molar-refractivity contribution in [3.8, 4) is 5.75 Å². The number of hydrogen-bond donors (Lipinski definition) is 1. The molecule has 1 N–H and O–H groups in total. The molecule has 2 amide bonds. The summed E-state index contributed by atoms with van der Waals surface area (Å²) in [7, 11) is 1.58. The van der Waals surface area contributed by atoms with E-state index in [1.807, 2.05) is 6.92 Å². The van der Waals surface area contributed by atoms with Gasteiger partial charge in [0.15, 0.2) is 5.17 Å². The van der Waals surface area contributed by atoms with Gasteiger partial charge in [0.05, 0.1) is 28.4 Å². The SMILES string of the molecule is CCCN1C(=O)C(CC(=O)Nc2cc([N+](=O)[O-])ccc2Cl)SC1=Nc1ccc(OC)cc1. The van der Waals surface area contributed by atoms with Crippen molar-refractivity contribution in [2.24, 2.45) is 4.99 Å². The third-order valence-electron chi connectivity index (χ3n) is 4.57. The van der Waals surface area contributed by atoms with Crippen LogP contribution in [0.2, 0.25) is 5.02 Å². The molecule has 0 saturated carbocycles. The standard InChI is InChI=1S/C21H21ClN4O5S/c1-3-10-25-20(28)18(32-21(25)23-13-4-7-15(31-2)8-5-13)12-19(27)24-17-11-14(26(29)30)6-9-16(17)22/h4-9,11,18H,3,10,12H2,1-2H3,(H,24,27). The number of nitro groups is 1. The molecule has 1 atom stereocenters. The second kappa shape index (κ2) is 10.5. The predicted molar refractivity (Wildman–Crippen MR) is 125 cm³/mol. The highest BCUT2D eigenvalue weighted by Gasteiger charge is 2.38. The number of carbonyl (C=O) groups excluding carboxylic acids is 2. The maximum absolute atomic E-state index is 12.9. The summed E-state index contributed by atoms with van der Waals surface area (Å²) in [4.78, 5) is 42.0. The Balaban J connectivity index is 1.74. The number of thioether (sulfide) groups is 1. The lowest BCUT2D eigenvalue weighted by molar-refractivity contribution is -0.384. The molecule has 3 rings (SSSR count). The molecule has 1 aliphatic heterocycles. The normalized spacial score (nSPS) is 17.0. The predicted octanol–water partition coefficient (Wildman–Crippen LogP) is 4.63. The zero-order valence-corrected chi connectivity index (χ0v) is 19.0. The molecule has 32 heavy (non-hydrogen) atoms. The van der Waals surface area contributed by atoms with E-state index in [0.717, 1.165) is 6.42 Å². The van der Waals surface area contributed by atoms with Crippen molar-refractivity contribution in [3.63, 3.8) is 0 Å². The second-order valence-corrected chi connectivity index (χ2v) is 8.44. The summed E-state index contributed by atoms with van der Waals surface area (Å²) >= 11 is 7.26. The number of nitrogens with one attached hydrogen (secondary N) is 1. The quantitative estimate of drug-likeness (QED) is 0.439. The van der Waals surface area contributed by atoms with Crippen molar-refractivity contribution >= 4 is 57.4 Å². The van der Waals surface area contributed by atoms with Gasteiger partial charge in [-0.05, 0) is 36.8 Å². The van der Waals surface area contributed by atoms with Crippen LogP contribution in [0.15, 0.2) is 47.5 Å². The Kier molecular flexibility index (Phi) is 7.70. The molecule has 0 bridgehead atoms. The van der Waals surface area contributed by atoms with Gasteiger partial charge >= 0.3 is 0 Å². The average Bonchev–Trinajstić information content (AvgIpc) is 3.04. The molecule has 0 aliphatic carbocycles. The van der Waals surface area contributed by atoms with Crippen molar-refractivity contribution in [1.29, 1.82) is 0 Å². The maximum atomic E-state index is 12.9. The molecule has 0 aromatic heterocycles. The van der Waals surface area contributed by atoms with E-state index in [2.05, 4.69) is 10.3 Å². The molecule has 0 radical (unpaired) electrons. The van der Waals surface area contributed by atoms with Crippen molar-refractivity contribution < 1.29 is 19.2 Å². The van der Waals surface area contributed by atoms with Crippen LogP contribution in [0.1, 0.15) is 19.8 Å². The lowest BCUT2D eigenvalue weighted by atomic mass is 10.2. The van der Waals surface area contributed by atoms with E-state index in [-0.39, 0.29) is 28.7 Å². The number of amidine groups is 1. The summed E-state index contributed by atoms with van der Waals surface area (Å²) in [5.41, 5.74) is 0.591. The van der Waals surface area contributed by atoms with Crippen LogP contribution in [0.3, 0.4) is 0 Å². The zero-order valence-electron chi connectivity index (χ0n) is 17.4. The highest BCUT2D eigenvalue weighted by Crippen LogP contribution is 2.33. The third-order valence-corrected chi connectivity index (χ3v) is 6.07. The fourth-order valence-corrected chi connectivity index (χ4v) is 4.36. The number of methoxy groups -OCH3 is 1. The van der Waals surface area contributed by atoms with Gasteiger partial charge in [0, 0.05) is 25.1 Å². The maximum Gasteiger partial charge on any atom is 0.271 e. The molecule has 11 heteroatoms. The van der Waals surface area contributed by atoms with Gasteiger partial charge in [0.25, 0.3) is 5.69 Å². The molecule has 1 fully saturated rings. The van der Waals surface area contributed by atoms with Gasteiger partial charge in [-0.2, -0.15) is 0 Å². The Hall–Kier alpha value is -3.11. The monoisotopic (exact) mass is 476 g/mol. The van der Waals surface area contributed by atoms with Gasteiger partial charge in [-0.25, -0.2) is 4.99 Å². The molecule has 9 nitrogen and oxygen atoms in total. The Morgan fingerprint density at radius 2 is 2.03 bits per heavy atom. The Morgan fingerprint density at radius 3 is 2.66 bits per heavy atom. The first-order chi connectivity index (χ1) is 15.3. The van der Waals surface area contributed by atoms with Crippen LogP contribution < -0.4 is 10.1 Å². The number of nitrogens with zero attached hydrogens (tertiary/aromatic N) is 3. The number of anilines is 1. The zero-order chi connectivity index (χ0) is 23.3. The molecule has 1 unspecified atom stereocenters. The van der Waals surface area contributed by atoms with E-state index in [9.17, 15) is 19.7 Å². The molecule has 1 heterocycles. The molecule has 1 aliphatic rings. The third kappa shape index (κ3) is 5.57. The van der Waals surface area contributed by atoms with Gasteiger partial charge in [0.2, 0.25) is 11.8 Å². The highest BCUT2D eigenvalue weighted by molar-refractivity contribution is 8.15. The molecule has 1 saturated heterocycles. The number of non-ortho nitro benzene ring substituents is 1. The van der Waals surface area contributed by atoms with Crippen LogP contribution in [0.5, 0.6) is 5.75 Å². The van der Waals surface area contributed by atoms with Gasteiger partial charge in [-0.15, -0.1) is 0 Å². The topological polar surface area (TPSA) is 114 Å². The number of halogens is 1. The van der Waals surface area contributed by atoms with Crippen molar-refractivity contribution in [2.45, 2.75) is 25.0 Å². The number of nitro benzene ring substituents is 1. The van der Waals surface area contributed by atoms with Crippen LogP contribution >= 0.6 is 23.4 Å². The van der Waals surface area contributed by atoms with Crippen LogP contribution in [0.4, 0.5) is 17.1 Å². The van der Waals surface area contributed by atoms with Crippen molar-refractivity contribution in [1.82, 2.24) is 4.90 Å². The summed E-state index contributed by atoms with van der Waals surface area (Å²) in [5, 5.41) is 13.6. The smallest absolute Gasteiger partial charge is 0.271 e. The van der Waals surface area contributed by atoms with Crippen LogP contribution in [0.25, 0.3) is 0 Å². The minimum absolute atomic E-state index is 0.121. The van der Waals surface area contributed by atoms with E-state index in [4.69, 9.17) is 16.3 Å². The number of carbonyl (C=O) groups is 2. The minimum atomic E-state index is -0.656. The average molecular weight is 477 g/mol. The van der Waals surface area contributed by atoms with Crippen molar-refractivity contribution in [3.05, 3.63) is 57.6 Å². The molecule has 2 aromatic rings. The fraction of sp³-hybridized carbons (Fsp3) is 0.286. The molecule has 168 valence electrons. The first-order valence-electron chi connectivity index (χ1n) is 9.77. The number of ether oxygens (including phenoxy) is 1. The number of hydrogen-bond acceptors (Lipinski definition) is 7. The van der Waals surface area contributed by atoms with E-state index in [1.165, 1.54) is 30.0 Å². The van der Waals surface area contributed by atoms with E-state index >= 15 is 0 Å². The molecule has 0 spiro atoms. The fourth-order valence-electron chi connectivity index (χ4n) is 3.01. The lowest BCUT2D eigenvalue weighted by Gasteiger charge is -2.15. The van der Waals surface area contributed by atoms with E-state index in [1.54, 1.807) is 36.3 Å². The summed E-state index contributed by atoms with van der Waals surface area (Å²) in [5.74, 6) is 0.0219. The van der Waals surface area contributed by atoms with E-state index in [0.29, 0.717) is 23.1 Å². The number of benzene rings is 2. The van der Waals surface area contributed by atoms with Crippen LogP contribution in [0, 0.1) is 10.1 Å². The summed E-state index contributed by atoms with van der Waals surface area (Å²) < 4.78 is 5.14. The second-order valence-electron chi connectivity index (χ2n) is 6.86. The van der Waals surface area contributed by atoms with Crippen molar-refractivity contribution in [2.75, 3.05) is 19.0 Å². The van der Waals surface area contributed by atoms with Gasteiger partial charge < -0.3 is 10.1 Å². The minimum Gasteiger partial charge on any atom is -0.497 e. The summed E-state index contributed by atoms with van der Waals surface area (Å²) in [6.45, 7) is 2.43. The van der Waals surface area contributed by atoms with Gasteiger partial charge in [-0.1, -0.05) is 30.3 Å². The van der Waals surface area contributed by atoms with Gasteiger partial charge in [0.1, 0.15) is 11.0 Å². The molecule has 2 aromatic carbocycles. The number of amides is 2. The first kappa shape index (κ1) is 23.6. The number of rotatable bonds is 8. The highest BCUT2D eigenvalue weighted by atomic mass is 35.5. The Morgan fingerprint density at radius 1 is 1.31 bits per heavy atom. The van der Waals surface area contributed by atoms with Crippen LogP contribution in [-0.2, 0) is 9.59 Å². The van der Waals surface area contributed by atoms with Crippen LogP contribution in [-0.4, -0.2) is 45.7 Å². The number of aliphatic imine (C=N–C) groups is 1. The van der Waals surface area contributed by atoms with E-state index < -0.39 is 16.1 Å². The largest absolute Gasteiger partial charge is 0.497 e. The summed E-state index contributed by atoms with van der Waals surface area (Å²) in [6.07, 6.45) is 0.612. The Labute approximate surface area is 193 Å². The summed E-state index contributed by atoms with van der Waals surface area (Å²) in [6, 6.07) is 10.9. The Bertz CT molecular complexity index is 1060. The molecular formula is C21H21ClN4O5S. The first-order valence-corrected chi connectivity index (χ1v) is 11.0. The van der Waals surface area contributed by atoms with Gasteiger partial charge in [-0.3, -0.25) is 24.6 Å². The molecular weight excluding hydrogens is 456 g/mol. The lowest BCUT2D eigenvalue weighted by Crippen LogP contribution is -2.34.